The molecule has 2 heteroatoms. The van der Waals surface area contributed by atoms with Crippen molar-refractivity contribution in [1.82, 2.24) is 4.57 Å². The van der Waals surface area contributed by atoms with Gasteiger partial charge in [0.1, 0.15) is 0 Å². The highest BCUT2D eigenvalue weighted by Crippen LogP contribution is 2.47. The second-order valence-corrected chi connectivity index (χ2v) is 14.5. The first-order valence-electron chi connectivity index (χ1n) is 19.3. The van der Waals surface area contributed by atoms with Crippen LogP contribution in [0.4, 0.5) is 17.1 Å². The minimum atomic E-state index is 1.10. The molecule has 11 rings (SSSR count). The van der Waals surface area contributed by atoms with Crippen molar-refractivity contribution in [2.45, 2.75) is 0 Å². The minimum absolute atomic E-state index is 1.10. The molecule has 262 valence electrons. The molecule has 0 N–H and O–H groups in total. The van der Waals surface area contributed by atoms with Crippen molar-refractivity contribution in [2.75, 3.05) is 4.90 Å². The molecule has 1 aromatic heterocycles. The largest absolute Gasteiger partial charge is 0.309 e. The van der Waals surface area contributed by atoms with Gasteiger partial charge in [0, 0.05) is 27.7 Å². The summed E-state index contributed by atoms with van der Waals surface area (Å²) < 4.78 is 2.39. The molecule has 1 heterocycles. The summed E-state index contributed by atoms with van der Waals surface area (Å²) in [6, 6.07) is 79.4. The first kappa shape index (κ1) is 32.0. The molecule has 0 aliphatic rings. The number of hydrogen-bond donors (Lipinski definition) is 0. The average Bonchev–Trinajstić information content (AvgIpc) is 3.62. The monoisotopic (exact) mass is 712 g/mol. The molecule has 0 bridgehead atoms. The van der Waals surface area contributed by atoms with Gasteiger partial charge >= 0.3 is 0 Å². The van der Waals surface area contributed by atoms with Gasteiger partial charge in [-0.25, -0.2) is 0 Å². The Morgan fingerprint density at radius 2 is 0.911 bits per heavy atom. The van der Waals surface area contributed by atoms with Gasteiger partial charge in [-0.05, 0) is 104 Å². The van der Waals surface area contributed by atoms with E-state index in [1.165, 1.54) is 76.4 Å². The molecule has 56 heavy (non-hydrogen) atoms. The molecular formula is C54H36N2. The summed E-state index contributed by atoms with van der Waals surface area (Å²) in [6.07, 6.45) is 0. The molecule has 0 radical (unpaired) electrons. The fourth-order valence-electron chi connectivity index (χ4n) is 8.79. The van der Waals surface area contributed by atoms with Crippen LogP contribution in [0.5, 0.6) is 0 Å². The van der Waals surface area contributed by atoms with Crippen LogP contribution >= 0.6 is 0 Å². The van der Waals surface area contributed by atoms with Gasteiger partial charge in [-0.2, -0.15) is 0 Å². The second-order valence-electron chi connectivity index (χ2n) is 14.5. The summed E-state index contributed by atoms with van der Waals surface area (Å²) in [6.45, 7) is 0. The number of benzene rings is 10. The van der Waals surface area contributed by atoms with E-state index >= 15 is 0 Å². The lowest BCUT2D eigenvalue weighted by atomic mass is 9.94. The number of rotatable bonds is 6. The molecular weight excluding hydrogens is 677 g/mol. The lowest BCUT2D eigenvalue weighted by molar-refractivity contribution is 1.18. The molecule has 0 saturated carbocycles. The highest BCUT2D eigenvalue weighted by Gasteiger charge is 2.23. The number of aromatic nitrogens is 1. The Balaban J connectivity index is 1.09. The van der Waals surface area contributed by atoms with Gasteiger partial charge in [0.25, 0.3) is 0 Å². The van der Waals surface area contributed by atoms with Crippen molar-refractivity contribution in [3.05, 3.63) is 218 Å². The van der Waals surface area contributed by atoms with E-state index < -0.39 is 0 Å². The Morgan fingerprint density at radius 1 is 0.321 bits per heavy atom. The summed E-state index contributed by atoms with van der Waals surface area (Å²) in [7, 11) is 0. The van der Waals surface area contributed by atoms with E-state index in [-0.39, 0.29) is 0 Å². The quantitative estimate of drug-likeness (QED) is 0.156. The highest BCUT2D eigenvalue weighted by molar-refractivity contribution is 6.18. The first-order chi connectivity index (χ1) is 27.8. The van der Waals surface area contributed by atoms with Crippen molar-refractivity contribution < 1.29 is 0 Å². The van der Waals surface area contributed by atoms with Crippen molar-refractivity contribution in [1.29, 1.82) is 0 Å². The molecule has 0 unspecified atom stereocenters. The van der Waals surface area contributed by atoms with E-state index in [9.17, 15) is 0 Å². The van der Waals surface area contributed by atoms with E-state index in [1.807, 2.05) is 0 Å². The minimum Gasteiger partial charge on any atom is -0.309 e. The molecule has 10 aromatic carbocycles. The van der Waals surface area contributed by atoms with E-state index in [4.69, 9.17) is 0 Å². The maximum atomic E-state index is 2.45. The summed E-state index contributed by atoms with van der Waals surface area (Å²) >= 11 is 0. The van der Waals surface area contributed by atoms with Crippen LogP contribution < -0.4 is 4.90 Å². The Morgan fingerprint density at radius 3 is 1.73 bits per heavy atom. The van der Waals surface area contributed by atoms with Gasteiger partial charge in [-0.15, -0.1) is 0 Å². The zero-order valence-electron chi connectivity index (χ0n) is 30.7. The second kappa shape index (κ2) is 13.2. The lowest BCUT2D eigenvalue weighted by Gasteiger charge is -2.29. The van der Waals surface area contributed by atoms with Crippen molar-refractivity contribution in [2.24, 2.45) is 0 Å². The Labute approximate surface area is 325 Å². The smallest absolute Gasteiger partial charge is 0.0562 e. The molecule has 0 saturated heterocycles. The third kappa shape index (κ3) is 5.19. The molecule has 11 aromatic rings. The standard InChI is InChI=1S/C54H36N2/c1-3-14-38(15-4-1)46-20-9-11-22-50(46)56(53-25-13-24-52-54(53)49-21-10-12-23-51(49)55(52)42-17-5-2-6-18-42)43-31-26-37(27-32-43)40-29-33-45-41(36-40)30-35-47-44-19-8-7-16-39(44)28-34-48(45)47/h1-36H. The zero-order valence-corrected chi connectivity index (χ0v) is 30.7. The number of para-hydroxylation sites is 3. The normalized spacial score (nSPS) is 11.6. The summed E-state index contributed by atoms with van der Waals surface area (Å²) in [5.74, 6) is 0. The summed E-state index contributed by atoms with van der Waals surface area (Å²) in [5.41, 5.74) is 11.6. The number of fused-ring (bicyclic) bond motifs is 8. The molecule has 2 nitrogen and oxygen atoms in total. The number of anilines is 3. The van der Waals surface area contributed by atoms with Crippen LogP contribution in [0.1, 0.15) is 0 Å². The molecule has 0 fully saturated rings. The van der Waals surface area contributed by atoms with E-state index in [2.05, 4.69) is 228 Å². The molecule has 0 spiro atoms. The van der Waals surface area contributed by atoms with E-state index in [1.54, 1.807) is 0 Å². The van der Waals surface area contributed by atoms with Gasteiger partial charge < -0.3 is 9.47 Å². The van der Waals surface area contributed by atoms with Gasteiger partial charge in [-0.3, -0.25) is 0 Å². The Kier molecular flexibility index (Phi) is 7.53. The van der Waals surface area contributed by atoms with Crippen LogP contribution in [0.15, 0.2) is 218 Å². The van der Waals surface area contributed by atoms with Gasteiger partial charge in [0.2, 0.25) is 0 Å². The van der Waals surface area contributed by atoms with Crippen molar-refractivity contribution >= 4 is 71.2 Å². The Bertz CT molecular complexity index is 3230. The van der Waals surface area contributed by atoms with E-state index in [0.29, 0.717) is 0 Å². The van der Waals surface area contributed by atoms with Crippen LogP contribution in [-0.2, 0) is 0 Å². The van der Waals surface area contributed by atoms with Crippen LogP contribution in [0, 0.1) is 0 Å². The fraction of sp³-hybridized carbons (Fsp3) is 0. The average molecular weight is 713 g/mol. The Hall–Kier alpha value is -7.42. The lowest BCUT2D eigenvalue weighted by Crippen LogP contribution is -2.11. The topological polar surface area (TPSA) is 8.17 Å². The maximum Gasteiger partial charge on any atom is 0.0562 e. The van der Waals surface area contributed by atoms with Gasteiger partial charge in [0.15, 0.2) is 0 Å². The van der Waals surface area contributed by atoms with Crippen molar-refractivity contribution in [3.8, 4) is 27.9 Å². The van der Waals surface area contributed by atoms with Crippen LogP contribution in [0.2, 0.25) is 0 Å². The van der Waals surface area contributed by atoms with E-state index in [0.717, 1.165) is 22.7 Å². The first-order valence-corrected chi connectivity index (χ1v) is 19.3. The van der Waals surface area contributed by atoms with Gasteiger partial charge in [-0.1, -0.05) is 164 Å². The third-order valence-electron chi connectivity index (χ3n) is 11.4. The number of nitrogens with zero attached hydrogens (tertiary/aromatic N) is 2. The predicted octanol–water partition coefficient (Wildman–Crippen LogP) is 15.0. The highest BCUT2D eigenvalue weighted by atomic mass is 15.1. The molecule has 0 atom stereocenters. The van der Waals surface area contributed by atoms with Crippen LogP contribution in [0.3, 0.4) is 0 Å². The number of hydrogen-bond acceptors (Lipinski definition) is 1. The molecule has 0 aliphatic heterocycles. The SMILES string of the molecule is c1ccc(-c2ccccc2N(c2ccc(-c3ccc4c(ccc5c6ccccc6ccc45)c3)cc2)c2cccc3c2c2ccccc2n3-c2ccccc2)cc1. The molecule has 0 aliphatic carbocycles. The summed E-state index contributed by atoms with van der Waals surface area (Å²) in [5, 5.41) is 10.1. The van der Waals surface area contributed by atoms with Crippen LogP contribution in [-0.4, -0.2) is 4.57 Å². The fourth-order valence-corrected chi connectivity index (χ4v) is 8.79. The van der Waals surface area contributed by atoms with Crippen LogP contribution in [0.25, 0.3) is 82.1 Å². The maximum absolute atomic E-state index is 2.45. The summed E-state index contributed by atoms with van der Waals surface area (Å²) in [4.78, 5) is 2.45. The van der Waals surface area contributed by atoms with Crippen molar-refractivity contribution in [3.63, 3.8) is 0 Å². The molecule has 0 amide bonds. The predicted molar refractivity (Wildman–Crippen MR) is 239 cm³/mol. The van der Waals surface area contributed by atoms with Gasteiger partial charge in [0.05, 0.1) is 22.4 Å². The third-order valence-corrected chi connectivity index (χ3v) is 11.4. The zero-order chi connectivity index (χ0) is 37.0.